The second kappa shape index (κ2) is 12.5. The maximum Gasteiger partial charge on any atom is -0.00430 e. The largest absolute Gasteiger partial charge is 0.0839 e. The van der Waals surface area contributed by atoms with Gasteiger partial charge < -0.3 is 0 Å². The number of allylic oxidation sites excluding steroid dienone is 17. The fourth-order valence-corrected chi connectivity index (χ4v) is 11.8. The highest BCUT2D eigenvalue weighted by atomic mass is 14.5. The molecule has 0 heterocycles. The topological polar surface area (TPSA) is 0 Å². The molecule has 0 spiro atoms. The summed E-state index contributed by atoms with van der Waals surface area (Å²) in [7, 11) is 0. The molecule has 0 radical (unpaired) electrons. The zero-order chi connectivity index (χ0) is 34.2. The van der Waals surface area contributed by atoms with Crippen molar-refractivity contribution >= 4 is 17.2 Å². The molecule has 3 aromatic rings. The first kappa shape index (κ1) is 30.9. The van der Waals surface area contributed by atoms with Gasteiger partial charge in [-0.3, -0.25) is 0 Å². The van der Waals surface area contributed by atoms with Gasteiger partial charge in [0.2, 0.25) is 0 Å². The van der Waals surface area contributed by atoms with Crippen LogP contribution in [-0.2, 0) is 6.42 Å². The van der Waals surface area contributed by atoms with Crippen molar-refractivity contribution < 1.29 is 0 Å². The van der Waals surface area contributed by atoms with Gasteiger partial charge in [-0.05, 0) is 184 Å². The molecule has 3 aromatic carbocycles. The number of rotatable bonds is 3. The van der Waals surface area contributed by atoms with Crippen LogP contribution in [0.15, 0.2) is 149 Å². The van der Waals surface area contributed by atoms with E-state index in [1.54, 1.807) is 55.7 Å². The summed E-state index contributed by atoms with van der Waals surface area (Å²) in [4.78, 5) is 0. The van der Waals surface area contributed by atoms with E-state index in [-0.39, 0.29) is 0 Å². The molecule has 5 unspecified atom stereocenters. The molecule has 0 aromatic heterocycles. The highest BCUT2D eigenvalue weighted by Gasteiger charge is 2.44. The molecule has 5 atom stereocenters. The van der Waals surface area contributed by atoms with Crippen LogP contribution < -0.4 is 0 Å². The van der Waals surface area contributed by atoms with Crippen LogP contribution >= 0.6 is 0 Å². The summed E-state index contributed by atoms with van der Waals surface area (Å²) in [5.41, 5.74) is 23.3. The van der Waals surface area contributed by atoms with Crippen molar-refractivity contribution in [1.29, 1.82) is 0 Å². The van der Waals surface area contributed by atoms with Gasteiger partial charge in [-0.25, -0.2) is 0 Å². The van der Waals surface area contributed by atoms with Crippen LogP contribution in [-0.4, -0.2) is 0 Å². The van der Waals surface area contributed by atoms with E-state index < -0.39 is 0 Å². The minimum absolute atomic E-state index is 0.455. The van der Waals surface area contributed by atoms with E-state index in [1.807, 2.05) is 0 Å². The molecule has 256 valence electrons. The monoisotopic (exact) mass is 672 g/mol. The molecule has 8 aliphatic carbocycles. The van der Waals surface area contributed by atoms with Crippen LogP contribution in [0.5, 0.6) is 0 Å². The van der Waals surface area contributed by atoms with Crippen LogP contribution in [0, 0.1) is 17.8 Å². The Bertz CT molecular complexity index is 2300. The molecule has 0 nitrogen and oxygen atoms in total. The van der Waals surface area contributed by atoms with Crippen molar-refractivity contribution in [2.45, 2.75) is 82.5 Å². The number of benzene rings is 3. The van der Waals surface area contributed by atoms with Gasteiger partial charge in [0, 0.05) is 0 Å². The van der Waals surface area contributed by atoms with Crippen molar-refractivity contribution in [1.82, 2.24) is 0 Å². The van der Waals surface area contributed by atoms with Gasteiger partial charge in [0.25, 0.3) is 0 Å². The molecule has 0 amide bonds. The predicted octanol–water partition coefficient (Wildman–Crippen LogP) is 13.6. The molecule has 0 heteroatoms. The molecule has 11 rings (SSSR count). The Hall–Kier alpha value is -4.68. The molecule has 8 aliphatic rings. The van der Waals surface area contributed by atoms with Crippen LogP contribution in [0.1, 0.15) is 109 Å². The smallest absolute Gasteiger partial charge is 0.00430 e. The van der Waals surface area contributed by atoms with E-state index in [0.29, 0.717) is 29.6 Å². The lowest BCUT2D eigenvalue weighted by molar-refractivity contribution is 0.280. The Balaban J connectivity index is 1.05. The highest BCUT2D eigenvalue weighted by molar-refractivity contribution is 5.83. The minimum Gasteiger partial charge on any atom is -0.0839 e. The standard InChI is InChI=1S/C52H48/c1-5-17-40-33(11-1)14-9-21-43(40)49-31-52-47-28-26-37(36-25-27-42-38(29-36)24-23-35-13-3-4-16-39(35)42)30-48(47)50(32-51(52)46-20-8-7-19-45(46)49)44-22-10-15-34-12-2-6-18-41(34)44/h2-3,5-10,12-15,17-18,20,25-30,43-45,49-50H,1,4,11,16,19,21-24,31-32H2. The maximum absolute atomic E-state index is 2.65. The van der Waals surface area contributed by atoms with E-state index in [1.165, 1.54) is 79.2 Å². The lowest BCUT2D eigenvalue weighted by Gasteiger charge is -2.47. The van der Waals surface area contributed by atoms with Gasteiger partial charge in [0.05, 0.1) is 0 Å². The summed E-state index contributed by atoms with van der Waals surface area (Å²) in [5.74, 6) is 2.78. The lowest BCUT2D eigenvalue weighted by atomic mass is 9.57. The fraction of sp³-hybridized carbons (Fsp3) is 0.308. The van der Waals surface area contributed by atoms with Crippen LogP contribution in [0.4, 0.5) is 0 Å². The van der Waals surface area contributed by atoms with E-state index >= 15 is 0 Å². The van der Waals surface area contributed by atoms with Crippen molar-refractivity contribution in [2.75, 3.05) is 0 Å². The quantitative estimate of drug-likeness (QED) is 0.260. The minimum atomic E-state index is 0.455. The Morgan fingerprint density at radius 2 is 1.31 bits per heavy atom. The predicted molar refractivity (Wildman–Crippen MR) is 219 cm³/mol. The van der Waals surface area contributed by atoms with Gasteiger partial charge in [0.1, 0.15) is 0 Å². The Morgan fingerprint density at radius 3 is 2.29 bits per heavy atom. The van der Waals surface area contributed by atoms with E-state index in [9.17, 15) is 0 Å². The van der Waals surface area contributed by atoms with E-state index in [4.69, 9.17) is 0 Å². The lowest BCUT2D eigenvalue weighted by Crippen LogP contribution is -2.34. The maximum atomic E-state index is 2.65. The van der Waals surface area contributed by atoms with Gasteiger partial charge >= 0.3 is 0 Å². The number of aryl methyl sites for hydroxylation is 1. The molecular weight excluding hydrogens is 625 g/mol. The summed E-state index contributed by atoms with van der Waals surface area (Å²) in [6.07, 6.45) is 39.7. The van der Waals surface area contributed by atoms with Crippen LogP contribution in [0.25, 0.3) is 28.3 Å². The summed E-state index contributed by atoms with van der Waals surface area (Å²) < 4.78 is 0. The molecule has 0 fully saturated rings. The number of hydrogen-bond acceptors (Lipinski definition) is 0. The molecule has 0 N–H and O–H groups in total. The van der Waals surface area contributed by atoms with Crippen LogP contribution in [0.2, 0.25) is 0 Å². The third-order valence-electron chi connectivity index (χ3n) is 14.2. The Labute approximate surface area is 310 Å². The molecule has 0 saturated heterocycles. The fourth-order valence-electron chi connectivity index (χ4n) is 11.8. The summed E-state index contributed by atoms with van der Waals surface area (Å²) in [6, 6.07) is 24.3. The van der Waals surface area contributed by atoms with Crippen molar-refractivity contribution in [3.05, 3.63) is 183 Å². The average molecular weight is 673 g/mol. The zero-order valence-corrected chi connectivity index (χ0v) is 30.3. The normalized spacial score (nSPS) is 28.0. The second-order valence-electron chi connectivity index (χ2n) is 16.7. The molecule has 0 saturated carbocycles. The molecular formula is C52H48. The summed E-state index contributed by atoms with van der Waals surface area (Å²) >= 11 is 0. The number of fused-ring (bicyclic) bond motifs is 7. The molecule has 0 aliphatic heterocycles. The SMILES string of the molecule is C1=CCC2C(=C1)C1=C(CC2C2CC=CC3=C2C=CCC3)c2ccc(-c3ccc4c(c3)CCC3=C4CCC=C3)cc2C(C2CC=Cc3ccccc32)C1. The number of hydrogen-bond donors (Lipinski definition) is 0. The first-order valence-corrected chi connectivity index (χ1v) is 20.4. The summed E-state index contributed by atoms with van der Waals surface area (Å²) in [5, 5.41) is 0. The third kappa shape index (κ3) is 4.93. The average Bonchev–Trinajstić information content (AvgIpc) is 3.22. The van der Waals surface area contributed by atoms with Crippen molar-refractivity contribution in [3.8, 4) is 11.1 Å². The van der Waals surface area contributed by atoms with E-state index in [2.05, 4.69) is 127 Å². The Morgan fingerprint density at radius 1 is 0.500 bits per heavy atom. The van der Waals surface area contributed by atoms with Gasteiger partial charge in [-0.1, -0.05) is 127 Å². The van der Waals surface area contributed by atoms with Gasteiger partial charge in [0.15, 0.2) is 0 Å². The summed E-state index contributed by atoms with van der Waals surface area (Å²) in [6.45, 7) is 0. The van der Waals surface area contributed by atoms with Crippen LogP contribution in [0.3, 0.4) is 0 Å². The van der Waals surface area contributed by atoms with Gasteiger partial charge in [-0.15, -0.1) is 0 Å². The zero-order valence-electron chi connectivity index (χ0n) is 30.3. The van der Waals surface area contributed by atoms with E-state index in [0.717, 1.165) is 19.3 Å². The van der Waals surface area contributed by atoms with Crippen molar-refractivity contribution in [2.24, 2.45) is 17.8 Å². The first-order valence-electron chi connectivity index (χ1n) is 20.4. The van der Waals surface area contributed by atoms with Gasteiger partial charge in [-0.2, -0.15) is 0 Å². The Kier molecular flexibility index (Phi) is 7.41. The second-order valence-corrected chi connectivity index (χ2v) is 16.7. The molecule has 0 bridgehead atoms. The first-order chi connectivity index (χ1) is 25.8. The highest BCUT2D eigenvalue weighted by Crippen LogP contribution is 2.59. The van der Waals surface area contributed by atoms with Crippen molar-refractivity contribution in [3.63, 3.8) is 0 Å². The third-order valence-corrected chi connectivity index (χ3v) is 14.2. The molecule has 52 heavy (non-hydrogen) atoms.